The molecule has 0 aliphatic heterocycles. The largest absolute Gasteiger partial charge is 0.493 e. The minimum Gasteiger partial charge on any atom is -0.493 e. The van der Waals surface area contributed by atoms with Crippen molar-refractivity contribution in [2.24, 2.45) is 0 Å². The maximum absolute atomic E-state index is 13.0. The number of sulfonamides is 1. The summed E-state index contributed by atoms with van der Waals surface area (Å²) in [7, 11) is -0.835. The molecule has 0 radical (unpaired) electrons. The van der Waals surface area contributed by atoms with Crippen LogP contribution >= 0.6 is 0 Å². The van der Waals surface area contributed by atoms with Crippen LogP contribution in [0, 0.1) is 5.82 Å². The average molecular weight is 410 g/mol. The number of nitrogens with zero attached hydrogens (tertiary/aromatic N) is 1. The summed E-state index contributed by atoms with van der Waals surface area (Å²) in [5, 5.41) is 2.72. The molecule has 9 heteroatoms. The minimum absolute atomic E-state index is 0.268. The first-order chi connectivity index (χ1) is 13.2. The molecule has 7 nitrogen and oxygen atoms in total. The highest BCUT2D eigenvalue weighted by atomic mass is 32.2. The van der Waals surface area contributed by atoms with Crippen LogP contribution in [0.25, 0.3) is 0 Å². The van der Waals surface area contributed by atoms with Crippen LogP contribution in [0.1, 0.15) is 18.5 Å². The highest BCUT2D eigenvalue weighted by Gasteiger charge is 2.23. The predicted octanol–water partition coefficient (Wildman–Crippen LogP) is 2.49. The number of carbonyl (C=O) groups excluding carboxylic acids is 1. The zero-order valence-corrected chi connectivity index (χ0v) is 16.9. The van der Waals surface area contributed by atoms with Crippen molar-refractivity contribution in [1.29, 1.82) is 0 Å². The van der Waals surface area contributed by atoms with Crippen molar-refractivity contribution < 1.29 is 27.1 Å². The Hall–Kier alpha value is -2.81. The molecule has 0 aliphatic rings. The molecule has 28 heavy (non-hydrogen) atoms. The van der Waals surface area contributed by atoms with Crippen molar-refractivity contribution in [3.8, 4) is 11.5 Å². The number of nitrogens with one attached hydrogen (secondary N) is 1. The van der Waals surface area contributed by atoms with Crippen LogP contribution < -0.4 is 19.1 Å². The van der Waals surface area contributed by atoms with Gasteiger partial charge in [0.25, 0.3) is 0 Å². The van der Waals surface area contributed by atoms with Crippen molar-refractivity contribution >= 4 is 21.6 Å². The lowest BCUT2D eigenvalue weighted by Gasteiger charge is -2.24. The van der Waals surface area contributed by atoms with Gasteiger partial charge < -0.3 is 14.8 Å². The van der Waals surface area contributed by atoms with Gasteiger partial charge in [-0.05, 0) is 36.8 Å². The van der Waals surface area contributed by atoms with Crippen LogP contribution in [0.5, 0.6) is 11.5 Å². The number of ether oxygens (including phenoxy) is 2. The van der Waals surface area contributed by atoms with Crippen LogP contribution in [0.15, 0.2) is 42.5 Å². The first kappa shape index (κ1) is 21.5. The lowest BCUT2D eigenvalue weighted by atomic mass is 10.1. The Morgan fingerprint density at radius 1 is 1.11 bits per heavy atom. The van der Waals surface area contributed by atoms with E-state index in [4.69, 9.17) is 9.47 Å². The molecule has 0 bridgehead atoms. The fourth-order valence-electron chi connectivity index (χ4n) is 2.63. The minimum atomic E-state index is -3.74. The summed E-state index contributed by atoms with van der Waals surface area (Å²) < 4.78 is 48.9. The van der Waals surface area contributed by atoms with E-state index in [9.17, 15) is 17.6 Å². The second-order valence-electron chi connectivity index (χ2n) is 6.15. The molecule has 2 aromatic carbocycles. The molecule has 1 atom stereocenters. The first-order valence-corrected chi connectivity index (χ1v) is 10.2. The van der Waals surface area contributed by atoms with E-state index < -0.39 is 28.5 Å². The Balaban J connectivity index is 2.20. The molecule has 1 amide bonds. The maximum atomic E-state index is 13.0. The van der Waals surface area contributed by atoms with Crippen molar-refractivity contribution in [2.75, 3.05) is 31.3 Å². The van der Waals surface area contributed by atoms with Gasteiger partial charge in [0.1, 0.15) is 12.4 Å². The summed E-state index contributed by atoms with van der Waals surface area (Å²) >= 11 is 0. The van der Waals surface area contributed by atoms with Gasteiger partial charge in [-0.1, -0.05) is 12.1 Å². The van der Waals surface area contributed by atoms with Gasteiger partial charge in [0.15, 0.2) is 11.5 Å². The number of amides is 1. The highest BCUT2D eigenvalue weighted by Crippen LogP contribution is 2.32. The first-order valence-electron chi connectivity index (χ1n) is 8.40. The normalized spacial score (nSPS) is 12.2. The van der Waals surface area contributed by atoms with E-state index in [1.807, 2.05) is 0 Å². The van der Waals surface area contributed by atoms with Gasteiger partial charge in [0, 0.05) is 6.07 Å². The van der Waals surface area contributed by atoms with Crippen LogP contribution in [0.4, 0.5) is 10.1 Å². The number of benzene rings is 2. The zero-order valence-electron chi connectivity index (χ0n) is 16.1. The van der Waals surface area contributed by atoms with E-state index in [0.29, 0.717) is 17.1 Å². The van der Waals surface area contributed by atoms with E-state index in [2.05, 4.69) is 5.32 Å². The highest BCUT2D eigenvalue weighted by molar-refractivity contribution is 7.92. The van der Waals surface area contributed by atoms with Crippen LogP contribution in [-0.2, 0) is 14.8 Å². The summed E-state index contributed by atoms with van der Waals surface area (Å²) in [4.78, 5) is 12.5. The summed E-state index contributed by atoms with van der Waals surface area (Å²) in [5.41, 5.74) is 0.969. The molecule has 2 aromatic rings. The fraction of sp³-hybridized carbons (Fsp3) is 0.316. The number of rotatable bonds is 8. The lowest BCUT2D eigenvalue weighted by Crippen LogP contribution is -2.41. The third-order valence-electron chi connectivity index (χ3n) is 4.09. The second-order valence-corrected chi connectivity index (χ2v) is 8.06. The maximum Gasteiger partial charge on any atom is 0.241 e. The fourth-order valence-corrected chi connectivity index (χ4v) is 3.48. The molecule has 0 spiro atoms. The molecule has 0 heterocycles. The molecule has 0 aromatic heterocycles. The monoisotopic (exact) mass is 410 g/mol. The van der Waals surface area contributed by atoms with Gasteiger partial charge in [-0.25, -0.2) is 12.8 Å². The van der Waals surface area contributed by atoms with Crippen molar-refractivity contribution in [2.45, 2.75) is 13.0 Å². The quantitative estimate of drug-likeness (QED) is 0.723. The van der Waals surface area contributed by atoms with Crippen LogP contribution in [0.3, 0.4) is 0 Å². The van der Waals surface area contributed by atoms with Gasteiger partial charge >= 0.3 is 0 Å². The Morgan fingerprint density at radius 2 is 1.71 bits per heavy atom. The van der Waals surface area contributed by atoms with E-state index in [1.54, 1.807) is 25.1 Å². The molecule has 0 fully saturated rings. The number of carbonyl (C=O) groups is 1. The topological polar surface area (TPSA) is 84.9 Å². The summed E-state index contributed by atoms with van der Waals surface area (Å²) in [6.07, 6.45) is 1.01. The van der Waals surface area contributed by atoms with E-state index >= 15 is 0 Å². The van der Waals surface area contributed by atoms with Crippen LogP contribution in [0.2, 0.25) is 0 Å². The Morgan fingerprint density at radius 3 is 2.25 bits per heavy atom. The molecule has 1 N–H and O–H groups in total. The SMILES string of the molecule is COc1ccc(N(CC(=O)NC(C)c2ccc(F)cc2)S(C)(=O)=O)cc1OC. The zero-order chi connectivity index (χ0) is 20.9. The van der Waals surface area contributed by atoms with Gasteiger partial charge in [-0.15, -0.1) is 0 Å². The molecular formula is C19H23FN2O5S. The number of methoxy groups -OCH3 is 2. The van der Waals surface area contributed by atoms with E-state index in [0.717, 1.165) is 10.6 Å². The predicted molar refractivity (Wildman–Crippen MR) is 105 cm³/mol. The van der Waals surface area contributed by atoms with Gasteiger partial charge in [0.05, 0.1) is 32.2 Å². The molecule has 0 saturated heterocycles. The van der Waals surface area contributed by atoms with E-state index in [1.165, 1.54) is 38.5 Å². The Kier molecular flexibility index (Phi) is 6.85. The average Bonchev–Trinajstić information content (AvgIpc) is 2.65. The number of halogens is 1. The molecule has 0 saturated carbocycles. The molecule has 152 valence electrons. The summed E-state index contributed by atoms with van der Waals surface area (Å²) in [5.74, 6) is -0.0983. The van der Waals surface area contributed by atoms with Gasteiger partial charge in [-0.3, -0.25) is 9.10 Å². The van der Waals surface area contributed by atoms with Crippen molar-refractivity contribution in [3.05, 3.63) is 53.8 Å². The van der Waals surface area contributed by atoms with Crippen molar-refractivity contribution in [3.63, 3.8) is 0 Å². The molecule has 0 aliphatic carbocycles. The molecule has 1 unspecified atom stereocenters. The Labute approximate surface area is 164 Å². The summed E-state index contributed by atoms with van der Waals surface area (Å²) in [6.45, 7) is 1.31. The number of hydrogen-bond donors (Lipinski definition) is 1. The standard InChI is InChI=1S/C19H23FN2O5S/c1-13(14-5-7-15(20)8-6-14)21-19(23)12-22(28(4,24)25)16-9-10-17(26-2)18(11-16)27-3/h5-11,13H,12H2,1-4H3,(H,21,23). The number of anilines is 1. The van der Waals surface area contributed by atoms with Crippen molar-refractivity contribution in [1.82, 2.24) is 5.32 Å². The van der Waals surface area contributed by atoms with Gasteiger partial charge in [-0.2, -0.15) is 0 Å². The third kappa shape index (κ3) is 5.35. The van der Waals surface area contributed by atoms with E-state index in [-0.39, 0.29) is 11.5 Å². The van der Waals surface area contributed by atoms with Crippen LogP contribution in [-0.4, -0.2) is 41.3 Å². The Bertz CT molecular complexity index is 932. The molecule has 2 rings (SSSR count). The number of hydrogen-bond acceptors (Lipinski definition) is 5. The second kappa shape index (κ2) is 8.92. The third-order valence-corrected chi connectivity index (χ3v) is 5.23. The molecular weight excluding hydrogens is 387 g/mol. The summed E-state index contributed by atoms with van der Waals surface area (Å²) in [6, 6.07) is 9.86. The smallest absolute Gasteiger partial charge is 0.241 e. The van der Waals surface area contributed by atoms with Gasteiger partial charge in [0.2, 0.25) is 15.9 Å². The lowest BCUT2D eigenvalue weighted by molar-refractivity contribution is -0.120.